The van der Waals surface area contributed by atoms with Crippen LogP contribution in [0.15, 0.2) is 41.6 Å². The highest BCUT2D eigenvalue weighted by molar-refractivity contribution is 7.89. The first-order chi connectivity index (χ1) is 9.95. The zero-order valence-corrected chi connectivity index (χ0v) is 13.5. The van der Waals surface area contributed by atoms with Crippen LogP contribution in [0.2, 0.25) is 10.2 Å². The van der Waals surface area contributed by atoms with Gasteiger partial charge >= 0.3 is 0 Å². The molecule has 0 atom stereocenters. The average Bonchev–Trinajstić information content (AvgIpc) is 2.48. The minimum atomic E-state index is -3.70. The molecule has 2 rings (SSSR count). The Morgan fingerprint density at radius 1 is 1.24 bits per heavy atom. The molecule has 0 bridgehead atoms. The van der Waals surface area contributed by atoms with E-state index in [4.69, 9.17) is 23.2 Å². The van der Waals surface area contributed by atoms with E-state index >= 15 is 0 Å². The van der Waals surface area contributed by atoms with E-state index in [1.807, 2.05) is 6.07 Å². The summed E-state index contributed by atoms with van der Waals surface area (Å²) in [6.07, 6.45) is 2.82. The number of aromatic nitrogens is 2. The maximum atomic E-state index is 12.6. The summed E-state index contributed by atoms with van der Waals surface area (Å²) in [6, 6.07) is 6.65. The molecule has 0 fully saturated rings. The van der Waals surface area contributed by atoms with Crippen molar-refractivity contribution in [2.24, 2.45) is 0 Å². The van der Waals surface area contributed by atoms with Crippen molar-refractivity contribution in [3.8, 4) is 0 Å². The highest BCUT2D eigenvalue weighted by Gasteiger charge is 2.24. The quantitative estimate of drug-likeness (QED) is 0.781. The van der Waals surface area contributed by atoms with Crippen LogP contribution in [0.1, 0.15) is 12.6 Å². The predicted molar refractivity (Wildman–Crippen MR) is 81.8 cm³/mol. The van der Waals surface area contributed by atoms with Gasteiger partial charge in [0.2, 0.25) is 10.0 Å². The number of rotatable bonds is 5. The van der Waals surface area contributed by atoms with Gasteiger partial charge in [0.25, 0.3) is 0 Å². The van der Waals surface area contributed by atoms with Gasteiger partial charge in [-0.15, -0.1) is 0 Å². The number of halogens is 2. The molecule has 112 valence electrons. The molecular formula is C13H13Cl2N3O2S. The molecule has 21 heavy (non-hydrogen) atoms. The van der Waals surface area contributed by atoms with E-state index in [0.29, 0.717) is 12.2 Å². The van der Waals surface area contributed by atoms with E-state index < -0.39 is 10.0 Å². The van der Waals surface area contributed by atoms with E-state index in [1.165, 1.54) is 16.6 Å². The molecule has 0 aliphatic heterocycles. The minimum absolute atomic E-state index is 0.00896. The maximum absolute atomic E-state index is 12.6. The van der Waals surface area contributed by atoms with E-state index in [1.54, 1.807) is 25.3 Å². The molecule has 0 amide bonds. The number of pyridine rings is 2. The lowest BCUT2D eigenvalue weighted by molar-refractivity contribution is 0.419. The predicted octanol–water partition coefficient (Wildman–Crippen LogP) is 2.99. The van der Waals surface area contributed by atoms with Crippen molar-refractivity contribution in [3.63, 3.8) is 0 Å². The summed E-state index contributed by atoms with van der Waals surface area (Å²) in [4.78, 5) is 7.93. The van der Waals surface area contributed by atoms with Crippen LogP contribution in [0.25, 0.3) is 0 Å². The molecule has 0 saturated carbocycles. The Kier molecular flexibility index (Phi) is 5.16. The van der Waals surface area contributed by atoms with Crippen molar-refractivity contribution < 1.29 is 8.42 Å². The van der Waals surface area contributed by atoms with Gasteiger partial charge in [-0.1, -0.05) is 36.2 Å². The highest BCUT2D eigenvalue weighted by atomic mass is 35.5. The van der Waals surface area contributed by atoms with Gasteiger partial charge in [-0.2, -0.15) is 4.31 Å². The van der Waals surface area contributed by atoms with Gasteiger partial charge in [0.15, 0.2) is 0 Å². The minimum Gasteiger partial charge on any atom is -0.260 e. The molecule has 0 aliphatic carbocycles. The Bertz CT molecular complexity index is 723. The molecule has 0 unspecified atom stereocenters. The summed E-state index contributed by atoms with van der Waals surface area (Å²) < 4.78 is 26.5. The zero-order chi connectivity index (χ0) is 15.5. The first-order valence-electron chi connectivity index (χ1n) is 6.16. The summed E-state index contributed by atoms with van der Waals surface area (Å²) >= 11 is 11.6. The van der Waals surface area contributed by atoms with Gasteiger partial charge in [0, 0.05) is 18.9 Å². The summed E-state index contributed by atoms with van der Waals surface area (Å²) in [6.45, 7) is 2.24. The van der Waals surface area contributed by atoms with Crippen molar-refractivity contribution in [1.29, 1.82) is 0 Å². The number of sulfonamides is 1. The Balaban J connectivity index is 2.33. The standard InChI is InChI=1S/C13H13Cl2N3O2S/c1-2-18(9-10-5-3-4-6-16-10)21(19,20)11-7-12(14)13(15)17-8-11/h3-8H,2,9H2,1H3. The van der Waals surface area contributed by atoms with Crippen molar-refractivity contribution >= 4 is 33.2 Å². The molecule has 0 N–H and O–H groups in total. The van der Waals surface area contributed by atoms with Crippen LogP contribution in [0.4, 0.5) is 0 Å². The third-order valence-corrected chi connectivity index (χ3v) is 5.40. The van der Waals surface area contributed by atoms with Gasteiger partial charge in [0.05, 0.1) is 17.3 Å². The number of hydrogen-bond acceptors (Lipinski definition) is 4. The zero-order valence-electron chi connectivity index (χ0n) is 11.2. The Hall–Kier alpha value is -1.21. The normalized spacial score (nSPS) is 11.8. The Labute approximate surface area is 133 Å². The second-order valence-corrected chi connectivity index (χ2v) is 6.90. The van der Waals surface area contributed by atoms with Crippen LogP contribution in [0.3, 0.4) is 0 Å². The topological polar surface area (TPSA) is 63.2 Å². The largest absolute Gasteiger partial charge is 0.260 e. The van der Waals surface area contributed by atoms with Crippen LogP contribution < -0.4 is 0 Å². The second kappa shape index (κ2) is 6.70. The summed E-state index contributed by atoms with van der Waals surface area (Å²) in [5, 5.41) is 0.176. The van der Waals surface area contributed by atoms with E-state index in [-0.39, 0.29) is 21.6 Å². The van der Waals surface area contributed by atoms with Crippen molar-refractivity contribution in [2.45, 2.75) is 18.4 Å². The monoisotopic (exact) mass is 345 g/mol. The average molecular weight is 346 g/mol. The fraction of sp³-hybridized carbons (Fsp3) is 0.231. The van der Waals surface area contributed by atoms with Crippen molar-refractivity contribution in [2.75, 3.05) is 6.54 Å². The Morgan fingerprint density at radius 2 is 2.00 bits per heavy atom. The van der Waals surface area contributed by atoms with Gasteiger partial charge in [-0.25, -0.2) is 13.4 Å². The lowest BCUT2D eigenvalue weighted by Gasteiger charge is -2.20. The smallest absolute Gasteiger partial charge is 0.245 e. The SMILES string of the molecule is CCN(Cc1ccccn1)S(=O)(=O)c1cnc(Cl)c(Cl)c1. The molecule has 0 saturated heterocycles. The summed E-state index contributed by atoms with van der Waals surface area (Å²) in [5.41, 5.74) is 0.663. The molecule has 0 radical (unpaired) electrons. The van der Waals surface area contributed by atoms with Crippen LogP contribution in [0.5, 0.6) is 0 Å². The Morgan fingerprint density at radius 3 is 2.57 bits per heavy atom. The molecule has 8 heteroatoms. The number of nitrogens with zero attached hydrogens (tertiary/aromatic N) is 3. The van der Waals surface area contributed by atoms with Crippen LogP contribution in [-0.2, 0) is 16.6 Å². The van der Waals surface area contributed by atoms with Crippen molar-refractivity contribution in [1.82, 2.24) is 14.3 Å². The molecule has 2 heterocycles. The third kappa shape index (κ3) is 3.71. The van der Waals surface area contributed by atoms with Gasteiger partial charge in [0.1, 0.15) is 10.0 Å². The van der Waals surface area contributed by atoms with Gasteiger partial charge in [-0.05, 0) is 18.2 Å². The van der Waals surface area contributed by atoms with Gasteiger partial charge in [-0.3, -0.25) is 4.98 Å². The van der Waals surface area contributed by atoms with Crippen LogP contribution in [-0.4, -0.2) is 29.2 Å². The fourth-order valence-electron chi connectivity index (χ4n) is 1.73. The maximum Gasteiger partial charge on any atom is 0.245 e. The lowest BCUT2D eigenvalue weighted by atomic mass is 10.3. The number of hydrogen-bond donors (Lipinski definition) is 0. The van der Waals surface area contributed by atoms with Crippen LogP contribution in [0, 0.1) is 0 Å². The molecule has 0 aliphatic rings. The molecule has 2 aromatic heterocycles. The first-order valence-corrected chi connectivity index (χ1v) is 8.36. The molecule has 0 aromatic carbocycles. The van der Waals surface area contributed by atoms with E-state index in [9.17, 15) is 8.42 Å². The summed E-state index contributed by atoms with van der Waals surface area (Å²) in [7, 11) is -3.70. The highest BCUT2D eigenvalue weighted by Crippen LogP contribution is 2.24. The third-order valence-electron chi connectivity index (χ3n) is 2.83. The van der Waals surface area contributed by atoms with Crippen molar-refractivity contribution in [3.05, 3.63) is 52.5 Å². The molecular weight excluding hydrogens is 333 g/mol. The lowest BCUT2D eigenvalue weighted by Crippen LogP contribution is -2.30. The second-order valence-electron chi connectivity index (χ2n) is 4.20. The van der Waals surface area contributed by atoms with E-state index in [0.717, 1.165) is 0 Å². The van der Waals surface area contributed by atoms with Gasteiger partial charge < -0.3 is 0 Å². The first kappa shape index (κ1) is 16.2. The van der Waals surface area contributed by atoms with E-state index in [2.05, 4.69) is 9.97 Å². The fourth-order valence-corrected chi connectivity index (χ4v) is 3.46. The molecule has 5 nitrogen and oxygen atoms in total. The van der Waals surface area contributed by atoms with Crippen LogP contribution >= 0.6 is 23.2 Å². The molecule has 2 aromatic rings. The molecule has 0 spiro atoms. The summed E-state index contributed by atoms with van der Waals surface area (Å²) in [5.74, 6) is 0.